The Hall–Kier alpha value is -2.80. The predicted molar refractivity (Wildman–Crippen MR) is 231 cm³/mol. The van der Waals surface area contributed by atoms with Gasteiger partial charge < -0.3 is 49.9 Å². The van der Waals surface area contributed by atoms with Crippen LogP contribution in [0.25, 0.3) is 21.8 Å². The van der Waals surface area contributed by atoms with Crippen molar-refractivity contribution in [3.63, 3.8) is 0 Å². The zero-order chi connectivity index (χ0) is 40.4. The Morgan fingerprint density at radius 3 is 1.63 bits per heavy atom. The molecule has 10 nitrogen and oxygen atoms in total. The number of hydrogen-bond acceptors (Lipinski definition) is 8. The van der Waals surface area contributed by atoms with Gasteiger partial charge in [-0.2, -0.15) is 0 Å². The molecule has 0 unspecified atom stereocenters. The van der Waals surface area contributed by atoms with Crippen LogP contribution < -0.4 is 11.5 Å². The minimum Gasteiger partial charge on any atom is -0.379 e. The SMILES string of the molecule is C[C@@H]1C[C@H](C)[C@@H](COCCCCCN)O[C@H]1OCCc1c[nH]c2ccccc12.C[C@@H]1[C@@H](C)[C@H](OCCc2c[nH]c3ccccc23)O[C@H](COCCCCCN)[C@H]1C. The molecule has 57 heavy (non-hydrogen) atoms. The van der Waals surface area contributed by atoms with Crippen LogP contribution in [-0.4, -0.2) is 87.5 Å². The Labute approximate surface area is 342 Å². The highest BCUT2D eigenvalue weighted by molar-refractivity contribution is 5.83. The van der Waals surface area contributed by atoms with Crippen molar-refractivity contribution in [3.8, 4) is 0 Å². The van der Waals surface area contributed by atoms with Gasteiger partial charge in [0.1, 0.15) is 0 Å². The van der Waals surface area contributed by atoms with Crippen LogP contribution in [-0.2, 0) is 41.3 Å². The lowest BCUT2D eigenvalue weighted by Crippen LogP contribution is -2.47. The molecule has 0 spiro atoms. The largest absolute Gasteiger partial charge is 0.379 e. The molecule has 2 fully saturated rings. The molecule has 10 heteroatoms. The summed E-state index contributed by atoms with van der Waals surface area (Å²) in [5.74, 6) is 2.26. The fourth-order valence-electron chi connectivity index (χ4n) is 8.26. The molecule has 0 amide bonds. The average molecular weight is 791 g/mol. The lowest BCUT2D eigenvalue weighted by molar-refractivity contribution is -0.256. The minimum absolute atomic E-state index is 0.0915. The average Bonchev–Trinajstić information content (AvgIpc) is 3.83. The first kappa shape index (κ1) is 45.3. The molecule has 0 radical (unpaired) electrons. The van der Waals surface area contributed by atoms with Crippen molar-refractivity contribution in [1.29, 1.82) is 0 Å². The number of aromatic nitrogens is 2. The minimum atomic E-state index is -0.169. The van der Waals surface area contributed by atoms with Crippen LogP contribution in [0.4, 0.5) is 0 Å². The Morgan fingerprint density at radius 2 is 1.07 bits per heavy atom. The van der Waals surface area contributed by atoms with Crippen molar-refractivity contribution in [2.24, 2.45) is 41.1 Å². The Balaban J connectivity index is 0.000000218. The number of hydrogen-bond donors (Lipinski definition) is 4. The van der Waals surface area contributed by atoms with Crippen molar-refractivity contribution >= 4 is 21.8 Å². The summed E-state index contributed by atoms with van der Waals surface area (Å²) in [6.07, 6.45) is 13.5. The van der Waals surface area contributed by atoms with Gasteiger partial charge in [0.2, 0.25) is 0 Å². The molecule has 2 aromatic carbocycles. The highest BCUT2D eigenvalue weighted by Crippen LogP contribution is 2.36. The first-order chi connectivity index (χ1) is 27.8. The fraction of sp³-hybridized carbons (Fsp3) is 0.660. The topological polar surface area (TPSA) is 139 Å². The van der Waals surface area contributed by atoms with Gasteiger partial charge in [-0.1, -0.05) is 71.0 Å². The maximum absolute atomic E-state index is 6.34. The summed E-state index contributed by atoms with van der Waals surface area (Å²) in [5.41, 5.74) is 16.0. The van der Waals surface area contributed by atoms with Gasteiger partial charge in [0.05, 0.1) is 38.6 Å². The number of para-hydroxylation sites is 2. The van der Waals surface area contributed by atoms with Crippen LogP contribution in [0.5, 0.6) is 0 Å². The molecule has 4 aromatic rings. The van der Waals surface area contributed by atoms with E-state index in [1.165, 1.54) is 32.9 Å². The lowest BCUT2D eigenvalue weighted by atomic mass is 9.79. The maximum Gasteiger partial charge on any atom is 0.160 e. The van der Waals surface area contributed by atoms with Crippen LogP contribution >= 0.6 is 0 Å². The number of benzene rings is 2. The summed E-state index contributed by atoms with van der Waals surface area (Å²) in [5, 5.41) is 2.55. The van der Waals surface area contributed by atoms with Crippen molar-refractivity contribution in [1.82, 2.24) is 9.97 Å². The Morgan fingerprint density at radius 1 is 0.561 bits per heavy atom. The van der Waals surface area contributed by atoms with Gasteiger partial charge in [-0.15, -0.1) is 0 Å². The van der Waals surface area contributed by atoms with Crippen LogP contribution in [0.1, 0.15) is 90.7 Å². The standard InChI is InChI=1S/C24H38N2O3.C23H36N2O3/c1-17-18(2)23(16-27-13-8-4-7-12-25)29-24(19(17)3)28-14-11-20-15-26-22-10-6-5-9-21(20)22;1-17-14-18(2)23(28-22(17)16-26-12-7-3-6-11-24)27-13-10-19-15-25-21-9-5-4-8-20(19)21/h5-6,9-10,15,17-19,23-24,26H,4,7-8,11-14,16,25H2,1-3H3;4-5,8-9,15,17-18,22-23,25H,3,6-7,10-14,16,24H2,1-2H3/t17-,18-,19+,23+,24+;17-,18+,22+,23+/m00/s1. The van der Waals surface area contributed by atoms with Crippen molar-refractivity contribution < 1.29 is 28.4 Å². The van der Waals surface area contributed by atoms with E-state index in [1.54, 1.807) is 0 Å². The van der Waals surface area contributed by atoms with Gasteiger partial charge in [-0.05, 0) is 112 Å². The number of ether oxygens (including phenoxy) is 6. The summed E-state index contributed by atoms with van der Waals surface area (Å²) in [6.45, 7) is 17.0. The third-order valence-corrected chi connectivity index (χ3v) is 12.3. The smallest absolute Gasteiger partial charge is 0.160 e. The highest BCUT2D eigenvalue weighted by atomic mass is 16.7. The number of fused-ring (bicyclic) bond motifs is 2. The van der Waals surface area contributed by atoms with E-state index in [1.807, 2.05) is 0 Å². The van der Waals surface area contributed by atoms with E-state index < -0.39 is 0 Å². The maximum atomic E-state index is 6.34. The molecule has 6 N–H and O–H groups in total. The number of unbranched alkanes of at least 4 members (excludes halogenated alkanes) is 4. The second kappa shape index (κ2) is 24.3. The molecular weight excluding hydrogens is 717 g/mol. The highest BCUT2D eigenvalue weighted by Gasteiger charge is 2.39. The van der Waals surface area contributed by atoms with E-state index >= 15 is 0 Å². The summed E-state index contributed by atoms with van der Waals surface area (Å²) < 4.78 is 36.7. The Bertz CT molecular complexity index is 1680. The molecular formula is C47H74N4O6. The second-order valence-electron chi connectivity index (χ2n) is 16.7. The van der Waals surface area contributed by atoms with Crippen LogP contribution in [0.3, 0.4) is 0 Å². The molecule has 2 aromatic heterocycles. The molecule has 2 aliphatic rings. The Kier molecular flexibility index (Phi) is 19.3. The molecule has 0 saturated carbocycles. The first-order valence-corrected chi connectivity index (χ1v) is 22.0. The predicted octanol–water partition coefficient (Wildman–Crippen LogP) is 8.77. The van der Waals surface area contributed by atoms with Crippen molar-refractivity contribution in [2.45, 2.75) is 117 Å². The van der Waals surface area contributed by atoms with Gasteiger partial charge in [0, 0.05) is 59.2 Å². The molecule has 2 aliphatic heterocycles. The molecule has 6 rings (SSSR count). The van der Waals surface area contributed by atoms with E-state index in [0.29, 0.717) is 56.0 Å². The quantitative estimate of drug-likeness (QED) is 0.0580. The van der Waals surface area contributed by atoms with Gasteiger partial charge in [0.25, 0.3) is 0 Å². The van der Waals surface area contributed by atoms with Crippen LogP contribution in [0.15, 0.2) is 60.9 Å². The van der Waals surface area contributed by atoms with E-state index in [9.17, 15) is 0 Å². The van der Waals surface area contributed by atoms with Gasteiger partial charge in [-0.3, -0.25) is 0 Å². The number of nitrogens with two attached hydrogens (primary N) is 2. The van der Waals surface area contributed by atoms with Gasteiger partial charge in [0.15, 0.2) is 12.6 Å². The number of nitrogens with one attached hydrogen (secondary N) is 2. The molecule has 9 atom stereocenters. The monoisotopic (exact) mass is 791 g/mol. The number of H-pyrrole nitrogens is 2. The summed E-state index contributed by atoms with van der Waals surface area (Å²) in [4.78, 5) is 6.67. The second-order valence-corrected chi connectivity index (χ2v) is 16.7. The van der Waals surface area contributed by atoms with Crippen LogP contribution in [0.2, 0.25) is 0 Å². The molecule has 2 saturated heterocycles. The van der Waals surface area contributed by atoms with E-state index in [4.69, 9.17) is 39.9 Å². The lowest BCUT2D eigenvalue weighted by Gasteiger charge is -2.43. The van der Waals surface area contributed by atoms with E-state index in [0.717, 1.165) is 84.1 Å². The summed E-state index contributed by atoms with van der Waals surface area (Å²) in [7, 11) is 0. The molecule has 4 heterocycles. The summed E-state index contributed by atoms with van der Waals surface area (Å²) >= 11 is 0. The van der Waals surface area contributed by atoms with Crippen molar-refractivity contribution in [3.05, 3.63) is 72.1 Å². The van der Waals surface area contributed by atoms with Crippen molar-refractivity contribution in [2.75, 3.05) is 52.7 Å². The first-order valence-electron chi connectivity index (χ1n) is 22.0. The third-order valence-electron chi connectivity index (χ3n) is 12.3. The number of aromatic amines is 2. The summed E-state index contributed by atoms with van der Waals surface area (Å²) in [6, 6.07) is 16.8. The molecule has 318 valence electrons. The van der Waals surface area contributed by atoms with Gasteiger partial charge >= 0.3 is 0 Å². The zero-order valence-electron chi connectivity index (χ0n) is 35.6. The fourth-order valence-corrected chi connectivity index (χ4v) is 8.26. The van der Waals surface area contributed by atoms with E-state index in [-0.39, 0.29) is 24.8 Å². The number of rotatable bonds is 22. The van der Waals surface area contributed by atoms with Crippen LogP contribution in [0, 0.1) is 29.6 Å². The third kappa shape index (κ3) is 13.6. The molecule has 0 aliphatic carbocycles. The van der Waals surface area contributed by atoms with E-state index in [2.05, 4.69) is 106 Å². The molecule has 0 bridgehead atoms. The zero-order valence-corrected chi connectivity index (χ0v) is 35.6. The normalized spacial score (nSPS) is 26.5. The van der Waals surface area contributed by atoms with Gasteiger partial charge in [-0.25, -0.2) is 0 Å².